The minimum Gasteiger partial charge on any atom is -0.316 e. The summed E-state index contributed by atoms with van der Waals surface area (Å²) in [6.45, 7) is 5.93. The van der Waals surface area contributed by atoms with Crippen LogP contribution >= 0.6 is 0 Å². The predicted molar refractivity (Wildman–Crippen MR) is 59.9 cm³/mol. The lowest BCUT2D eigenvalue weighted by Crippen LogP contribution is -2.01. The Labute approximate surface area is 89.2 Å². The summed E-state index contributed by atoms with van der Waals surface area (Å²) >= 11 is 0. The molecule has 0 spiro atoms. The summed E-state index contributed by atoms with van der Waals surface area (Å²) in [6.07, 6.45) is 0. The highest BCUT2D eigenvalue weighted by atomic mass is 19.1. The molecule has 0 N–H and O–H groups in total. The van der Waals surface area contributed by atoms with E-state index in [1.807, 2.05) is 43.5 Å². The van der Waals surface area contributed by atoms with Crippen LogP contribution in [-0.4, -0.2) is 4.57 Å². The summed E-state index contributed by atoms with van der Waals surface area (Å²) in [7, 11) is 0. The highest BCUT2D eigenvalue weighted by Gasteiger charge is 2.08. The maximum Gasteiger partial charge on any atom is 0.147 e. The van der Waals surface area contributed by atoms with E-state index < -0.39 is 0 Å². The van der Waals surface area contributed by atoms with Crippen molar-refractivity contribution >= 4 is 0 Å². The summed E-state index contributed by atoms with van der Waals surface area (Å²) in [4.78, 5) is 0. The first-order chi connectivity index (χ1) is 7.09. The first-order valence-electron chi connectivity index (χ1n) is 5.01. The van der Waals surface area contributed by atoms with Gasteiger partial charge in [0, 0.05) is 11.4 Å². The molecule has 2 rings (SSSR count). The third-order valence-corrected chi connectivity index (χ3v) is 2.61. The van der Waals surface area contributed by atoms with Gasteiger partial charge in [-0.15, -0.1) is 0 Å². The van der Waals surface area contributed by atoms with Crippen LogP contribution in [0.5, 0.6) is 0 Å². The molecule has 0 unspecified atom stereocenters. The highest BCUT2D eigenvalue weighted by Crippen LogP contribution is 2.20. The average Bonchev–Trinajstić information content (AvgIpc) is 2.51. The Morgan fingerprint density at radius 1 is 0.933 bits per heavy atom. The summed E-state index contributed by atoms with van der Waals surface area (Å²) < 4.78 is 15.6. The van der Waals surface area contributed by atoms with E-state index in [9.17, 15) is 4.39 Å². The van der Waals surface area contributed by atoms with Crippen molar-refractivity contribution in [3.8, 4) is 5.69 Å². The molecule has 1 aromatic carbocycles. The van der Waals surface area contributed by atoms with Crippen LogP contribution < -0.4 is 0 Å². The number of rotatable bonds is 1. The standard InChI is InChI=1S/C13H14FN/c1-9-4-7-12(14)13(8-9)15-10(2)5-6-11(15)3/h4-8H,1-3H3. The van der Waals surface area contributed by atoms with E-state index in [0.717, 1.165) is 17.0 Å². The fourth-order valence-corrected chi connectivity index (χ4v) is 1.84. The summed E-state index contributed by atoms with van der Waals surface area (Å²) in [6, 6.07) is 9.17. The van der Waals surface area contributed by atoms with Gasteiger partial charge in [-0.1, -0.05) is 6.07 Å². The zero-order chi connectivity index (χ0) is 11.0. The van der Waals surface area contributed by atoms with Crippen molar-refractivity contribution in [2.24, 2.45) is 0 Å². The van der Waals surface area contributed by atoms with E-state index in [2.05, 4.69) is 0 Å². The van der Waals surface area contributed by atoms with E-state index in [1.54, 1.807) is 6.07 Å². The van der Waals surface area contributed by atoms with Gasteiger partial charge in [-0.3, -0.25) is 0 Å². The Hall–Kier alpha value is -1.57. The average molecular weight is 203 g/mol. The van der Waals surface area contributed by atoms with Gasteiger partial charge in [0.25, 0.3) is 0 Å². The minimum atomic E-state index is -0.178. The van der Waals surface area contributed by atoms with Crippen LogP contribution in [-0.2, 0) is 0 Å². The van der Waals surface area contributed by atoms with Crippen molar-refractivity contribution < 1.29 is 4.39 Å². The molecule has 0 aliphatic heterocycles. The molecule has 0 saturated carbocycles. The summed E-state index contributed by atoms with van der Waals surface area (Å²) in [5.74, 6) is -0.178. The lowest BCUT2D eigenvalue weighted by Gasteiger charge is -2.11. The van der Waals surface area contributed by atoms with E-state index in [4.69, 9.17) is 0 Å². The monoisotopic (exact) mass is 203 g/mol. The molecule has 0 bridgehead atoms. The number of hydrogen-bond acceptors (Lipinski definition) is 0. The molecule has 2 aromatic rings. The largest absolute Gasteiger partial charge is 0.316 e. The Kier molecular flexibility index (Phi) is 2.35. The third kappa shape index (κ3) is 1.67. The van der Waals surface area contributed by atoms with Gasteiger partial charge in [-0.25, -0.2) is 4.39 Å². The lowest BCUT2D eigenvalue weighted by molar-refractivity contribution is 0.615. The maximum absolute atomic E-state index is 13.7. The molecule has 0 atom stereocenters. The lowest BCUT2D eigenvalue weighted by atomic mass is 10.2. The van der Waals surface area contributed by atoms with Crippen molar-refractivity contribution in [2.75, 3.05) is 0 Å². The predicted octanol–water partition coefficient (Wildman–Crippen LogP) is 3.54. The maximum atomic E-state index is 13.7. The number of aromatic nitrogens is 1. The van der Waals surface area contributed by atoms with Crippen molar-refractivity contribution in [3.05, 3.63) is 53.1 Å². The zero-order valence-corrected chi connectivity index (χ0v) is 9.21. The first kappa shape index (κ1) is 9.97. The second kappa shape index (κ2) is 3.54. The normalized spacial score (nSPS) is 10.7. The van der Waals surface area contributed by atoms with Gasteiger partial charge in [-0.05, 0) is 50.6 Å². The van der Waals surface area contributed by atoms with Gasteiger partial charge in [0.05, 0.1) is 5.69 Å². The quantitative estimate of drug-likeness (QED) is 0.668. The molecule has 0 aliphatic rings. The van der Waals surface area contributed by atoms with Crippen molar-refractivity contribution in [1.29, 1.82) is 0 Å². The first-order valence-corrected chi connectivity index (χ1v) is 5.01. The SMILES string of the molecule is Cc1ccc(F)c(-n2c(C)ccc2C)c1. The number of halogens is 1. The number of aryl methyl sites for hydroxylation is 3. The van der Waals surface area contributed by atoms with Gasteiger partial charge in [0.1, 0.15) is 5.82 Å². The Morgan fingerprint density at radius 2 is 1.53 bits per heavy atom. The van der Waals surface area contributed by atoms with E-state index in [0.29, 0.717) is 5.69 Å². The van der Waals surface area contributed by atoms with Crippen molar-refractivity contribution in [2.45, 2.75) is 20.8 Å². The second-order valence-electron chi connectivity index (χ2n) is 3.91. The van der Waals surface area contributed by atoms with Crippen LogP contribution in [0.15, 0.2) is 30.3 Å². The van der Waals surface area contributed by atoms with Gasteiger partial charge in [0.15, 0.2) is 0 Å². The van der Waals surface area contributed by atoms with Crippen LogP contribution in [0.1, 0.15) is 17.0 Å². The van der Waals surface area contributed by atoms with Crippen LogP contribution in [0.25, 0.3) is 5.69 Å². The molecule has 1 heterocycles. The van der Waals surface area contributed by atoms with E-state index in [1.165, 1.54) is 6.07 Å². The Balaban J connectivity index is 2.68. The number of hydrogen-bond donors (Lipinski definition) is 0. The van der Waals surface area contributed by atoms with Crippen LogP contribution in [0, 0.1) is 26.6 Å². The highest BCUT2D eigenvalue weighted by molar-refractivity contribution is 5.41. The van der Waals surface area contributed by atoms with Gasteiger partial charge >= 0.3 is 0 Å². The van der Waals surface area contributed by atoms with Crippen molar-refractivity contribution in [1.82, 2.24) is 4.57 Å². The topological polar surface area (TPSA) is 4.93 Å². The molecule has 0 radical (unpaired) electrons. The Bertz CT molecular complexity index is 478. The summed E-state index contributed by atoms with van der Waals surface area (Å²) in [5.41, 5.74) is 3.81. The van der Waals surface area contributed by atoms with E-state index >= 15 is 0 Å². The zero-order valence-electron chi connectivity index (χ0n) is 9.21. The molecule has 1 aromatic heterocycles. The third-order valence-electron chi connectivity index (χ3n) is 2.61. The van der Waals surface area contributed by atoms with Gasteiger partial charge in [0.2, 0.25) is 0 Å². The molecule has 1 nitrogen and oxygen atoms in total. The molecule has 0 aliphatic carbocycles. The Morgan fingerprint density at radius 3 is 2.13 bits per heavy atom. The van der Waals surface area contributed by atoms with Crippen LogP contribution in [0.3, 0.4) is 0 Å². The number of benzene rings is 1. The molecule has 78 valence electrons. The molecular weight excluding hydrogens is 189 g/mol. The molecule has 0 fully saturated rings. The smallest absolute Gasteiger partial charge is 0.147 e. The minimum absolute atomic E-state index is 0.178. The van der Waals surface area contributed by atoms with E-state index in [-0.39, 0.29) is 5.82 Å². The fraction of sp³-hybridized carbons (Fsp3) is 0.231. The molecule has 15 heavy (non-hydrogen) atoms. The fourth-order valence-electron chi connectivity index (χ4n) is 1.84. The molecule has 0 amide bonds. The summed E-state index contributed by atoms with van der Waals surface area (Å²) in [5, 5.41) is 0. The molecule has 0 saturated heterocycles. The number of nitrogens with zero attached hydrogens (tertiary/aromatic N) is 1. The second-order valence-corrected chi connectivity index (χ2v) is 3.91. The van der Waals surface area contributed by atoms with Crippen LogP contribution in [0.2, 0.25) is 0 Å². The van der Waals surface area contributed by atoms with Gasteiger partial charge < -0.3 is 4.57 Å². The molecule has 2 heteroatoms. The van der Waals surface area contributed by atoms with Crippen LogP contribution in [0.4, 0.5) is 4.39 Å². The van der Waals surface area contributed by atoms with Crippen molar-refractivity contribution in [3.63, 3.8) is 0 Å². The van der Waals surface area contributed by atoms with Gasteiger partial charge in [-0.2, -0.15) is 0 Å². The molecular formula is C13H14FN.